The van der Waals surface area contributed by atoms with Crippen molar-refractivity contribution in [2.24, 2.45) is 0 Å². The number of aryl methyl sites for hydroxylation is 1. The summed E-state index contributed by atoms with van der Waals surface area (Å²) in [7, 11) is 0. The molecule has 0 radical (unpaired) electrons. The number of carboxylic acid groups (broad SMARTS) is 1. The Balaban J connectivity index is 2.29. The van der Waals surface area contributed by atoms with Gasteiger partial charge in [0.1, 0.15) is 0 Å². The number of hydrogen-bond acceptors (Lipinski definition) is 5. The fraction of sp³-hybridized carbons (Fsp3) is 0.0667. The van der Waals surface area contributed by atoms with Gasteiger partial charge in [0.2, 0.25) is 0 Å². The number of imide groups is 1. The zero-order valence-corrected chi connectivity index (χ0v) is 12.2. The van der Waals surface area contributed by atoms with Crippen molar-refractivity contribution >= 4 is 45.9 Å². The van der Waals surface area contributed by atoms with E-state index < -0.39 is 17.1 Å². The number of nitrogens with zero attached hydrogens (tertiary/aromatic N) is 1. The molecule has 0 unspecified atom stereocenters. The average Bonchev–Trinajstić information content (AvgIpc) is 2.77. The van der Waals surface area contributed by atoms with Gasteiger partial charge in [-0.15, -0.1) is 0 Å². The number of carbonyl (C=O) groups is 3. The highest BCUT2D eigenvalue weighted by molar-refractivity contribution is 8.18. The van der Waals surface area contributed by atoms with Crippen LogP contribution in [0, 0.1) is 6.92 Å². The van der Waals surface area contributed by atoms with E-state index in [0.717, 1.165) is 11.8 Å². The second-order valence-electron chi connectivity index (χ2n) is 4.66. The van der Waals surface area contributed by atoms with Gasteiger partial charge >= 0.3 is 5.97 Å². The Morgan fingerprint density at radius 1 is 1.32 bits per heavy atom. The molecule has 2 amide bonds. The normalized spacial score (nSPS) is 16.3. The number of nitrogens with one attached hydrogen (secondary N) is 1. The summed E-state index contributed by atoms with van der Waals surface area (Å²) in [6.45, 7) is 1.67. The number of amides is 2. The molecule has 2 heterocycles. The van der Waals surface area contributed by atoms with Gasteiger partial charge < -0.3 is 5.11 Å². The first-order valence-corrected chi connectivity index (χ1v) is 7.16. The van der Waals surface area contributed by atoms with Crippen LogP contribution in [0.25, 0.3) is 17.0 Å². The van der Waals surface area contributed by atoms with Crippen LogP contribution in [0.1, 0.15) is 21.6 Å². The highest BCUT2D eigenvalue weighted by Gasteiger charge is 2.27. The van der Waals surface area contributed by atoms with Gasteiger partial charge in [0.25, 0.3) is 11.1 Å². The lowest BCUT2D eigenvalue weighted by atomic mass is 10.00. The van der Waals surface area contributed by atoms with Crippen LogP contribution in [-0.4, -0.2) is 27.2 Å². The zero-order chi connectivity index (χ0) is 15.9. The number of fused-ring (bicyclic) bond motifs is 1. The van der Waals surface area contributed by atoms with E-state index in [4.69, 9.17) is 0 Å². The predicted molar refractivity (Wildman–Crippen MR) is 82.5 cm³/mol. The van der Waals surface area contributed by atoms with E-state index in [1.807, 2.05) is 0 Å². The highest BCUT2D eigenvalue weighted by atomic mass is 32.2. The third-order valence-corrected chi connectivity index (χ3v) is 4.06. The van der Waals surface area contributed by atoms with Gasteiger partial charge in [-0.3, -0.25) is 19.9 Å². The number of rotatable bonds is 2. The standard InChI is InChI=1S/C15H10N2O4S/c1-7-9(6-11-13(18)17-15(21)22-11)12(14(19)20)8-4-2-3-5-10(8)16-7/h2-6H,1H3,(H,19,20)(H,17,18,21)/b11-6-. The predicted octanol–water partition coefficient (Wildman–Crippen LogP) is 2.57. The van der Waals surface area contributed by atoms with E-state index >= 15 is 0 Å². The van der Waals surface area contributed by atoms with Gasteiger partial charge in [-0.25, -0.2) is 4.79 Å². The van der Waals surface area contributed by atoms with Crippen molar-refractivity contribution in [3.63, 3.8) is 0 Å². The largest absolute Gasteiger partial charge is 0.478 e. The Hall–Kier alpha value is -2.67. The molecule has 0 spiro atoms. The number of thioether (sulfide) groups is 1. The molecule has 1 aliphatic rings. The fourth-order valence-corrected chi connectivity index (χ4v) is 2.97. The zero-order valence-electron chi connectivity index (χ0n) is 11.4. The Kier molecular flexibility index (Phi) is 3.42. The van der Waals surface area contributed by atoms with Crippen molar-refractivity contribution in [3.8, 4) is 0 Å². The number of carboxylic acids is 1. The second-order valence-corrected chi connectivity index (χ2v) is 5.68. The minimum atomic E-state index is -1.11. The first-order valence-electron chi connectivity index (χ1n) is 6.35. The molecule has 3 rings (SSSR count). The van der Waals surface area contributed by atoms with Crippen molar-refractivity contribution in [2.45, 2.75) is 6.92 Å². The van der Waals surface area contributed by atoms with Crippen LogP contribution in [0.3, 0.4) is 0 Å². The lowest BCUT2D eigenvalue weighted by Gasteiger charge is -2.09. The van der Waals surface area contributed by atoms with Gasteiger partial charge in [-0.05, 0) is 30.8 Å². The minimum Gasteiger partial charge on any atom is -0.478 e. The topological polar surface area (TPSA) is 96.4 Å². The molecule has 0 aliphatic carbocycles. The number of pyridine rings is 1. The summed E-state index contributed by atoms with van der Waals surface area (Å²) in [5.41, 5.74) is 1.46. The molecular weight excluding hydrogens is 304 g/mol. The van der Waals surface area contributed by atoms with E-state index in [0.29, 0.717) is 22.2 Å². The molecule has 0 atom stereocenters. The molecule has 0 saturated carbocycles. The Morgan fingerprint density at radius 2 is 2.05 bits per heavy atom. The Morgan fingerprint density at radius 3 is 2.68 bits per heavy atom. The summed E-state index contributed by atoms with van der Waals surface area (Å²) in [5.74, 6) is -1.64. The molecule has 1 aromatic heterocycles. The van der Waals surface area contributed by atoms with E-state index in [-0.39, 0.29) is 10.5 Å². The van der Waals surface area contributed by atoms with Gasteiger partial charge in [0.05, 0.1) is 16.0 Å². The Labute approximate surface area is 129 Å². The van der Waals surface area contributed by atoms with Crippen molar-refractivity contribution in [1.82, 2.24) is 10.3 Å². The molecule has 2 N–H and O–H groups in total. The molecule has 1 saturated heterocycles. The third-order valence-electron chi connectivity index (χ3n) is 3.25. The number of carbonyl (C=O) groups excluding carboxylic acids is 2. The summed E-state index contributed by atoms with van der Waals surface area (Å²) >= 11 is 0.744. The Bertz CT molecular complexity index is 873. The summed E-state index contributed by atoms with van der Waals surface area (Å²) in [5, 5.41) is 11.7. The molecule has 1 aromatic carbocycles. The lowest BCUT2D eigenvalue weighted by molar-refractivity contribution is -0.115. The quantitative estimate of drug-likeness (QED) is 0.827. The third kappa shape index (κ3) is 2.35. The molecule has 1 fully saturated rings. The van der Waals surface area contributed by atoms with E-state index in [1.54, 1.807) is 31.2 Å². The number of aromatic carboxylic acids is 1. The summed E-state index contributed by atoms with van der Waals surface area (Å²) in [6, 6.07) is 6.90. The van der Waals surface area contributed by atoms with E-state index in [9.17, 15) is 19.5 Å². The molecule has 110 valence electrons. The van der Waals surface area contributed by atoms with Crippen LogP contribution >= 0.6 is 11.8 Å². The maximum absolute atomic E-state index is 11.7. The molecular formula is C15H10N2O4S. The van der Waals surface area contributed by atoms with Crippen LogP contribution < -0.4 is 5.32 Å². The lowest BCUT2D eigenvalue weighted by Crippen LogP contribution is -2.18. The SMILES string of the molecule is Cc1nc2ccccc2c(C(=O)O)c1/C=C1\SC(=O)NC1=O. The first-order chi connectivity index (χ1) is 10.5. The van der Waals surface area contributed by atoms with Crippen molar-refractivity contribution in [1.29, 1.82) is 0 Å². The molecule has 7 heteroatoms. The van der Waals surface area contributed by atoms with Crippen LogP contribution in [0.15, 0.2) is 29.2 Å². The fourth-order valence-electron chi connectivity index (χ4n) is 2.31. The van der Waals surface area contributed by atoms with Crippen LogP contribution in [0.5, 0.6) is 0 Å². The van der Waals surface area contributed by atoms with Gasteiger partial charge in [0, 0.05) is 16.6 Å². The number of benzene rings is 1. The smallest absolute Gasteiger partial charge is 0.337 e. The maximum Gasteiger partial charge on any atom is 0.337 e. The number of aromatic nitrogens is 1. The molecule has 2 aromatic rings. The number of para-hydroxylation sites is 1. The van der Waals surface area contributed by atoms with Crippen LogP contribution in [0.2, 0.25) is 0 Å². The van der Waals surface area contributed by atoms with E-state index in [2.05, 4.69) is 10.3 Å². The van der Waals surface area contributed by atoms with Crippen molar-refractivity contribution in [2.75, 3.05) is 0 Å². The molecule has 22 heavy (non-hydrogen) atoms. The molecule has 1 aliphatic heterocycles. The molecule has 0 bridgehead atoms. The van der Waals surface area contributed by atoms with E-state index in [1.165, 1.54) is 6.08 Å². The summed E-state index contributed by atoms with van der Waals surface area (Å²) < 4.78 is 0. The van der Waals surface area contributed by atoms with Gasteiger partial charge in [-0.2, -0.15) is 0 Å². The summed E-state index contributed by atoms with van der Waals surface area (Å²) in [6.07, 6.45) is 1.41. The van der Waals surface area contributed by atoms with Gasteiger partial charge in [-0.1, -0.05) is 18.2 Å². The van der Waals surface area contributed by atoms with Gasteiger partial charge in [0.15, 0.2) is 0 Å². The maximum atomic E-state index is 11.7. The van der Waals surface area contributed by atoms with Crippen LogP contribution in [0.4, 0.5) is 4.79 Å². The first kappa shape index (κ1) is 14.3. The monoisotopic (exact) mass is 314 g/mol. The molecule has 6 nitrogen and oxygen atoms in total. The second kappa shape index (κ2) is 5.27. The average molecular weight is 314 g/mol. The van der Waals surface area contributed by atoms with Crippen LogP contribution in [-0.2, 0) is 4.79 Å². The minimum absolute atomic E-state index is 0.0725. The van der Waals surface area contributed by atoms with Crippen molar-refractivity contribution < 1.29 is 19.5 Å². The highest BCUT2D eigenvalue weighted by Crippen LogP contribution is 2.30. The van der Waals surface area contributed by atoms with Crippen molar-refractivity contribution in [3.05, 3.63) is 46.0 Å². The number of hydrogen-bond donors (Lipinski definition) is 2. The summed E-state index contributed by atoms with van der Waals surface area (Å²) in [4.78, 5) is 39.1.